The lowest BCUT2D eigenvalue weighted by atomic mass is 9.72. The number of alkyl halides is 1. The topological polar surface area (TPSA) is 9.23 Å². The fraction of sp³-hybridized carbons (Fsp3) is 1.00. The lowest BCUT2D eigenvalue weighted by Gasteiger charge is -2.36. The van der Waals surface area contributed by atoms with E-state index in [0.717, 1.165) is 18.4 Å². The van der Waals surface area contributed by atoms with E-state index in [-0.39, 0.29) is 0 Å². The van der Waals surface area contributed by atoms with Crippen molar-refractivity contribution in [3.05, 3.63) is 0 Å². The summed E-state index contributed by atoms with van der Waals surface area (Å²) in [5, 5.41) is 1.18. The van der Waals surface area contributed by atoms with Gasteiger partial charge in [0.15, 0.2) is 0 Å². The Morgan fingerprint density at radius 3 is 2.67 bits per heavy atom. The zero-order chi connectivity index (χ0) is 10.9. The Hall–Kier alpha value is 0.440. The maximum absolute atomic E-state index is 5.72. The van der Waals surface area contributed by atoms with E-state index < -0.39 is 0 Å². The standard InChI is InChI=1S/C13H23BrO/c1-10(2)15-6-5-13(9-14)8-11-3-4-12(13)7-11/h10-12H,3-9H2,1-2H3. The zero-order valence-electron chi connectivity index (χ0n) is 9.97. The molecule has 0 spiro atoms. The molecule has 0 saturated heterocycles. The van der Waals surface area contributed by atoms with Crippen LogP contribution in [0.3, 0.4) is 0 Å². The highest BCUT2D eigenvalue weighted by atomic mass is 79.9. The Bertz CT molecular complexity index is 217. The Morgan fingerprint density at radius 1 is 1.40 bits per heavy atom. The van der Waals surface area contributed by atoms with Crippen LogP contribution in [0.1, 0.15) is 46.0 Å². The molecule has 0 aliphatic heterocycles. The number of rotatable bonds is 5. The van der Waals surface area contributed by atoms with Crippen molar-refractivity contribution in [3.8, 4) is 0 Å². The van der Waals surface area contributed by atoms with E-state index in [9.17, 15) is 0 Å². The third-order valence-electron chi connectivity index (χ3n) is 4.42. The van der Waals surface area contributed by atoms with Crippen LogP contribution in [-0.2, 0) is 4.74 Å². The van der Waals surface area contributed by atoms with Crippen LogP contribution in [0.2, 0.25) is 0 Å². The van der Waals surface area contributed by atoms with E-state index in [4.69, 9.17) is 4.74 Å². The molecule has 88 valence electrons. The Kier molecular flexibility index (Phi) is 3.77. The SMILES string of the molecule is CC(C)OCCC1(CBr)CC2CCC1C2. The summed E-state index contributed by atoms with van der Waals surface area (Å²) in [6.45, 7) is 5.20. The second-order valence-electron chi connectivity index (χ2n) is 5.75. The first kappa shape index (κ1) is 11.9. The lowest BCUT2D eigenvalue weighted by molar-refractivity contribution is 0.0413. The molecular weight excluding hydrogens is 252 g/mol. The van der Waals surface area contributed by atoms with Crippen molar-refractivity contribution in [2.75, 3.05) is 11.9 Å². The van der Waals surface area contributed by atoms with Crippen LogP contribution in [0.4, 0.5) is 0 Å². The molecule has 0 heterocycles. The van der Waals surface area contributed by atoms with Crippen LogP contribution in [0.25, 0.3) is 0 Å². The first-order valence-electron chi connectivity index (χ1n) is 6.34. The minimum atomic E-state index is 0.385. The van der Waals surface area contributed by atoms with Gasteiger partial charge in [-0.15, -0.1) is 0 Å². The van der Waals surface area contributed by atoms with Crippen LogP contribution in [0, 0.1) is 17.3 Å². The molecule has 0 amide bonds. The summed E-state index contributed by atoms with van der Waals surface area (Å²) in [6, 6.07) is 0. The molecule has 2 heteroatoms. The minimum absolute atomic E-state index is 0.385. The molecule has 3 unspecified atom stereocenters. The quantitative estimate of drug-likeness (QED) is 0.689. The molecule has 0 radical (unpaired) electrons. The third-order valence-corrected chi connectivity index (χ3v) is 5.54. The Morgan fingerprint density at radius 2 is 2.20 bits per heavy atom. The van der Waals surface area contributed by atoms with E-state index in [1.165, 1.54) is 37.4 Å². The van der Waals surface area contributed by atoms with Crippen LogP contribution in [0.5, 0.6) is 0 Å². The van der Waals surface area contributed by atoms with Crippen LogP contribution in [-0.4, -0.2) is 18.0 Å². The highest BCUT2D eigenvalue weighted by molar-refractivity contribution is 9.09. The van der Waals surface area contributed by atoms with Gasteiger partial charge in [-0.25, -0.2) is 0 Å². The van der Waals surface area contributed by atoms with Gasteiger partial charge in [0.2, 0.25) is 0 Å². The summed E-state index contributed by atoms with van der Waals surface area (Å²) in [5.41, 5.74) is 0.581. The summed E-state index contributed by atoms with van der Waals surface area (Å²) < 4.78 is 5.72. The number of fused-ring (bicyclic) bond motifs is 2. The van der Waals surface area contributed by atoms with Crippen molar-refractivity contribution < 1.29 is 4.74 Å². The predicted octanol–water partition coefficient (Wildman–Crippen LogP) is 4.00. The normalized spacial score (nSPS) is 39.2. The number of hydrogen-bond donors (Lipinski definition) is 0. The first-order valence-corrected chi connectivity index (χ1v) is 7.46. The lowest BCUT2D eigenvalue weighted by Crippen LogP contribution is -2.31. The van der Waals surface area contributed by atoms with Gasteiger partial charge in [0, 0.05) is 11.9 Å². The smallest absolute Gasteiger partial charge is 0.0518 e. The maximum atomic E-state index is 5.72. The zero-order valence-corrected chi connectivity index (χ0v) is 11.6. The molecule has 0 aromatic carbocycles. The van der Waals surface area contributed by atoms with Gasteiger partial charge in [0.1, 0.15) is 0 Å². The average Bonchev–Trinajstić information content (AvgIpc) is 2.77. The van der Waals surface area contributed by atoms with Crippen LogP contribution < -0.4 is 0 Å². The molecule has 2 bridgehead atoms. The average molecular weight is 275 g/mol. The molecule has 1 nitrogen and oxygen atoms in total. The Labute approximate surface area is 102 Å². The molecule has 3 atom stereocenters. The van der Waals surface area contributed by atoms with Crippen molar-refractivity contribution in [1.29, 1.82) is 0 Å². The van der Waals surface area contributed by atoms with Gasteiger partial charge in [-0.1, -0.05) is 22.4 Å². The van der Waals surface area contributed by atoms with E-state index >= 15 is 0 Å². The molecule has 2 rings (SSSR count). The molecule has 2 fully saturated rings. The molecule has 2 aliphatic rings. The summed E-state index contributed by atoms with van der Waals surface area (Å²) >= 11 is 3.75. The van der Waals surface area contributed by atoms with Crippen molar-refractivity contribution in [2.45, 2.75) is 52.1 Å². The van der Waals surface area contributed by atoms with Crippen molar-refractivity contribution in [1.82, 2.24) is 0 Å². The highest BCUT2D eigenvalue weighted by Crippen LogP contribution is 2.58. The predicted molar refractivity (Wildman–Crippen MR) is 67.4 cm³/mol. The number of hydrogen-bond acceptors (Lipinski definition) is 1. The number of halogens is 1. The van der Waals surface area contributed by atoms with Crippen LogP contribution >= 0.6 is 15.9 Å². The van der Waals surface area contributed by atoms with Gasteiger partial charge >= 0.3 is 0 Å². The molecule has 0 N–H and O–H groups in total. The highest BCUT2D eigenvalue weighted by Gasteiger charge is 2.49. The third kappa shape index (κ3) is 2.41. The van der Waals surface area contributed by atoms with E-state index in [2.05, 4.69) is 29.8 Å². The van der Waals surface area contributed by atoms with Crippen molar-refractivity contribution in [2.24, 2.45) is 17.3 Å². The van der Waals surface area contributed by atoms with Crippen molar-refractivity contribution >= 4 is 15.9 Å². The van der Waals surface area contributed by atoms with Gasteiger partial charge in [-0.2, -0.15) is 0 Å². The summed E-state index contributed by atoms with van der Waals surface area (Å²) in [5.74, 6) is 2.02. The minimum Gasteiger partial charge on any atom is -0.379 e. The van der Waals surface area contributed by atoms with E-state index in [1.807, 2.05) is 0 Å². The van der Waals surface area contributed by atoms with Gasteiger partial charge in [-0.3, -0.25) is 0 Å². The number of ether oxygens (including phenoxy) is 1. The van der Waals surface area contributed by atoms with Gasteiger partial charge in [0.25, 0.3) is 0 Å². The van der Waals surface area contributed by atoms with E-state index in [0.29, 0.717) is 11.5 Å². The monoisotopic (exact) mass is 274 g/mol. The summed E-state index contributed by atoms with van der Waals surface area (Å²) in [7, 11) is 0. The Balaban J connectivity index is 1.86. The van der Waals surface area contributed by atoms with Crippen molar-refractivity contribution in [3.63, 3.8) is 0 Å². The van der Waals surface area contributed by atoms with Gasteiger partial charge < -0.3 is 4.74 Å². The summed E-state index contributed by atoms with van der Waals surface area (Å²) in [6.07, 6.45) is 7.55. The fourth-order valence-electron chi connectivity index (χ4n) is 3.59. The summed E-state index contributed by atoms with van der Waals surface area (Å²) in [4.78, 5) is 0. The molecule has 0 aromatic rings. The van der Waals surface area contributed by atoms with Gasteiger partial charge in [0.05, 0.1) is 6.10 Å². The van der Waals surface area contributed by atoms with E-state index in [1.54, 1.807) is 0 Å². The van der Waals surface area contributed by atoms with Crippen LogP contribution in [0.15, 0.2) is 0 Å². The molecule has 15 heavy (non-hydrogen) atoms. The molecule has 0 aromatic heterocycles. The van der Waals surface area contributed by atoms with Gasteiger partial charge in [-0.05, 0) is 56.8 Å². The second-order valence-corrected chi connectivity index (χ2v) is 6.31. The first-order chi connectivity index (χ1) is 7.16. The fourth-order valence-corrected chi connectivity index (χ4v) is 4.56. The second kappa shape index (κ2) is 4.75. The largest absolute Gasteiger partial charge is 0.379 e. The molecular formula is C13H23BrO. The molecule has 2 saturated carbocycles. The molecule has 2 aliphatic carbocycles. The maximum Gasteiger partial charge on any atom is 0.0518 e.